The Hall–Kier alpha value is -1.66. The summed E-state index contributed by atoms with van der Waals surface area (Å²) in [5.74, 6) is -0.767. The lowest BCUT2D eigenvalue weighted by Gasteiger charge is -2.35. The van der Waals surface area contributed by atoms with Gasteiger partial charge in [-0.15, -0.1) is 0 Å². The summed E-state index contributed by atoms with van der Waals surface area (Å²) in [6, 6.07) is 3.09. The highest BCUT2D eigenvalue weighted by Gasteiger charge is 2.28. The molecule has 0 spiro atoms. The summed E-state index contributed by atoms with van der Waals surface area (Å²) < 4.78 is 4.90. The molecule has 1 aliphatic rings. The van der Waals surface area contributed by atoms with Crippen LogP contribution in [-0.2, 0) is 4.79 Å². The lowest BCUT2D eigenvalue weighted by atomic mass is 9.94. The van der Waals surface area contributed by atoms with Gasteiger partial charge in [0.15, 0.2) is 5.76 Å². The van der Waals surface area contributed by atoms with E-state index in [4.69, 9.17) is 4.42 Å². The molecular formula is C13H18N2O4. The molecule has 0 saturated carbocycles. The molecule has 2 N–H and O–H groups in total. The molecular weight excluding hydrogens is 248 g/mol. The third kappa shape index (κ3) is 3.90. The minimum atomic E-state index is -0.642. The van der Waals surface area contributed by atoms with Gasteiger partial charge in [0, 0.05) is 13.1 Å². The molecule has 6 heteroatoms. The molecule has 19 heavy (non-hydrogen) atoms. The number of furan rings is 1. The smallest absolute Gasteiger partial charge is 0.293 e. The Kier molecular flexibility index (Phi) is 4.01. The zero-order valence-corrected chi connectivity index (χ0v) is 10.9. The largest absolute Gasteiger partial charge is 0.459 e. The van der Waals surface area contributed by atoms with Crippen molar-refractivity contribution >= 4 is 11.8 Å². The molecule has 0 atom stereocenters. The predicted molar refractivity (Wildman–Crippen MR) is 67.5 cm³/mol. The molecule has 6 nitrogen and oxygen atoms in total. The van der Waals surface area contributed by atoms with Crippen molar-refractivity contribution in [3.63, 3.8) is 0 Å². The number of carbonyl (C=O) groups excluding carboxylic acids is 2. The molecule has 0 bridgehead atoms. The summed E-state index contributed by atoms with van der Waals surface area (Å²) in [7, 11) is 0. The van der Waals surface area contributed by atoms with Crippen LogP contribution in [0.3, 0.4) is 0 Å². The number of nitrogens with one attached hydrogen (secondary N) is 1. The van der Waals surface area contributed by atoms with Crippen molar-refractivity contribution in [1.29, 1.82) is 0 Å². The summed E-state index contributed by atoms with van der Waals surface area (Å²) in [5, 5.41) is 12.1. The zero-order valence-electron chi connectivity index (χ0n) is 10.9. The topological polar surface area (TPSA) is 82.8 Å². The third-order valence-electron chi connectivity index (χ3n) is 3.30. The van der Waals surface area contributed by atoms with Crippen molar-refractivity contribution < 1.29 is 19.1 Å². The lowest BCUT2D eigenvalue weighted by molar-refractivity contribution is -0.122. The maximum Gasteiger partial charge on any atom is 0.293 e. The van der Waals surface area contributed by atoms with Crippen LogP contribution in [-0.4, -0.2) is 47.1 Å². The number of hydrogen-bond donors (Lipinski definition) is 2. The second kappa shape index (κ2) is 5.54. The number of likely N-dealkylation sites (tertiary alicyclic amines) is 1. The van der Waals surface area contributed by atoms with Gasteiger partial charge in [0.2, 0.25) is 5.91 Å². The third-order valence-corrected chi connectivity index (χ3v) is 3.30. The Labute approximate surface area is 111 Å². The van der Waals surface area contributed by atoms with Crippen molar-refractivity contribution in [2.45, 2.75) is 25.4 Å². The molecule has 1 saturated heterocycles. The number of nitrogens with zero attached hydrogens (tertiary/aromatic N) is 1. The number of piperidine rings is 1. The molecule has 2 rings (SSSR count). The minimum absolute atomic E-state index is 0.120. The van der Waals surface area contributed by atoms with E-state index in [1.807, 2.05) is 4.90 Å². The number of carbonyl (C=O) groups is 2. The fourth-order valence-corrected chi connectivity index (χ4v) is 2.03. The number of hydrogen-bond acceptors (Lipinski definition) is 5. The van der Waals surface area contributed by atoms with Crippen molar-refractivity contribution in [2.24, 2.45) is 0 Å². The summed E-state index contributed by atoms with van der Waals surface area (Å²) in [6.07, 6.45) is 2.64. The van der Waals surface area contributed by atoms with Gasteiger partial charge in [-0.05, 0) is 31.9 Å². The van der Waals surface area contributed by atoms with Gasteiger partial charge in [-0.2, -0.15) is 0 Å². The van der Waals surface area contributed by atoms with Crippen LogP contribution in [0.2, 0.25) is 0 Å². The standard InChI is InChI=1S/C13H18N2O4/c1-13(18)4-6-15(7-5-13)9-11(16)14-12(17)10-3-2-8-19-10/h2-3,8,18H,4-7,9H2,1H3,(H,14,16,17). The highest BCUT2D eigenvalue weighted by atomic mass is 16.3. The molecule has 0 radical (unpaired) electrons. The van der Waals surface area contributed by atoms with Crippen LogP contribution < -0.4 is 5.32 Å². The zero-order chi connectivity index (χ0) is 13.9. The van der Waals surface area contributed by atoms with Crippen molar-refractivity contribution in [2.75, 3.05) is 19.6 Å². The normalized spacial score (nSPS) is 19.1. The van der Waals surface area contributed by atoms with Gasteiger partial charge in [0.25, 0.3) is 5.91 Å². The highest BCUT2D eigenvalue weighted by molar-refractivity contribution is 6.03. The first-order valence-electron chi connectivity index (χ1n) is 6.29. The van der Waals surface area contributed by atoms with E-state index in [0.717, 1.165) is 0 Å². The van der Waals surface area contributed by atoms with E-state index in [0.29, 0.717) is 25.9 Å². The number of amides is 2. The van der Waals surface area contributed by atoms with Crippen LogP contribution in [0, 0.1) is 0 Å². The van der Waals surface area contributed by atoms with Crippen LogP contribution >= 0.6 is 0 Å². The fraction of sp³-hybridized carbons (Fsp3) is 0.538. The first-order valence-corrected chi connectivity index (χ1v) is 6.29. The molecule has 1 aliphatic heterocycles. The van der Waals surface area contributed by atoms with Gasteiger partial charge in [-0.3, -0.25) is 19.8 Å². The first-order chi connectivity index (χ1) is 8.96. The van der Waals surface area contributed by atoms with Crippen molar-refractivity contribution in [1.82, 2.24) is 10.2 Å². The summed E-state index contributed by atoms with van der Waals surface area (Å²) in [6.45, 7) is 3.25. The van der Waals surface area contributed by atoms with Crippen molar-refractivity contribution in [3.8, 4) is 0 Å². The number of imide groups is 1. The molecule has 0 unspecified atom stereocenters. The fourth-order valence-electron chi connectivity index (χ4n) is 2.03. The Morgan fingerprint density at radius 2 is 2.16 bits per heavy atom. The molecule has 0 aromatic carbocycles. The van der Waals surface area contributed by atoms with Crippen LogP contribution in [0.4, 0.5) is 0 Å². The van der Waals surface area contributed by atoms with E-state index in [-0.39, 0.29) is 18.2 Å². The minimum Gasteiger partial charge on any atom is -0.459 e. The van der Waals surface area contributed by atoms with E-state index in [1.165, 1.54) is 12.3 Å². The van der Waals surface area contributed by atoms with Gasteiger partial charge in [0.05, 0.1) is 18.4 Å². The molecule has 1 aromatic heterocycles. The Morgan fingerprint density at radius 3 is 2.74 bits per heavy atom. The SMILES string of the molecule is CC1(O)CCN(CC(=O)NC(=O)c2ccco2)CC1. The van der Waals surface area contributed by atoms with Gasteiger partial charge in [0.1, 0.15) is 0 Å². The molecule has 2 heterocycles. The van der Waals surface area contributed by atoms with Gasteiger partial charge < -0.3 is 9.52 Å². The number of aliphatic hydroxyl groups is 1. The molecule has 0 aliphatic carbocycles. The number of rotatable bonds is 3. The highest BCUT2D eigenvalue weighted by Crippen LogP contribution is 2.20. The van der Waals surface area contributed by atoms with E-state index >= 15 is 0 Å². The lowest BCUT2D eigenvalue weighted by Crippen LogP contribution is -2.47. The summed E-state index contributed by atoms with van der Waals surface area (Å²) in [5.41, 5.74) is -0.642. The Balaban J connectivity index is 1.78. The van der Waals surface area contributed by atoms with Gasteiger partial charge in [-0.1, -0.05) is 0 Å². The van der Waals surface area contributed by atoms with Gasteiger partial charge >= 0.3 is 0 Å². The predicted octanol–water partition coefficient (Wildman–Crippen LogP) is 0.383. The average Bonchev–Trinajstić information content (AvgIpc) is 2.85. The first kappa shape index (κ1) is 13.8. The van der Waals surface area contributed by atoms with Crippen LogP contribution in [0.25, 0.3) is 0 Å². The van der Waals surface area contributed by atoms with Crippen molar-refractivity contribution in [3.05, 3.63) is 24.2 Å². The molecule has 1 aromatic rings. The maximum atomic E-state index is 11.7. The van der Waals surface area contributed by atoms with E-state index < -0.39 is 11.5 Å². The molecule has 1 fully saturated rings. The van der Waals surface area contributed by atoms with Crippen LogP contribution in [0.5, 0.6) is 0 Å². The van der Waals surface area contributed by atoms with Crippen LogP contribution in [0.1, 0.15) is 30.3 Å². The Morgan fingerprint density at radius 1 is 1.47 bits per heavy atom. The van der Waals surface area contributed by atoms with Crippen LogP contribution in [0.15, 0.2) is 22.8 Å². The molecule has 2 amide bonds. The second-order valence-electron chi connectivity index (χ2n) is 5.13. The average molecular weight is 266 g/mol. The van der Waals surface area contributed by atoms with E-state index in [2.05, 4.69) is 5.32 Å². The summed E-state index contributed by atoms with van der Waals surface area (Å²) in [4.78, 5) is 25.2. The quantitative estimate of drug-likeness (QED) is 0.826. The van der Waals surface area contributed by atoms with E-state index in [9.17, 15) is 14.7 Å². The molecule has 104 valence electrons. The second-order valence-corrected chi connectivity index (χ2v) is 5.13. The monoisotopic (exact) mass is 266 g/mol. The van der Waals surface area contributed by atoms with E-state index in [1.54, 1.807) is 13.0 Å². The van der Waals surface area contributed by atoms with Gasteiger partial charge in [-0.25, -0.2) is 0 Å². The Bertz CT molecular complexity index is 443. The summed E-state index contributed by atoms with van der Waals surface area (Å²) >= 11 is 0. The maximum absolute atomic E-state index is 11.7.